The second kappa shape index (κ2) is 8.47. The fourth-order valence-electron chi connectivity index (χ4n) is 2.26. The quantitative estimate of drug-likeness (QED) is 0.714. The summed E-state index contributed by atoms with van der Waals surface area (Å²) in [6.45, 7) is 9.19. The maximum absolute atomic E-state index is 12.2. The van der Waals surface area contributed by atoms with E-state index in [0.717, 1.165) is 5.56 Å². The van der Waals surface area contributed by atoms with E-state index in [-0.39, 0.29) is 17.7 Å². The molecule has 0 aliphatic heterocycles. The van der Waals surface area contributed by atoms with Crippen molar-refractivity contribution in [3.05, 3.63) is 29.3 Å². The molecule has 1 rings (SSSR count). The predicted octanol–water partition coefficient (Wildman–Crippen LogP) is 2.82. The molecule has 0 heterocycles. The Morgan fingerprint density at radius 3 is 2.21 bits per heavy atom. The van der Waals surface area contributed by atoms with Crippen LogP contribution in [0, 0.1) is 18.8 Å². The van der Waals surface area contributed by atoms with Crippen molar-refractivity contribution in [2.24, 2.45) is 11.8 Å². The fraction of sp³-hybridized carbons (Fsp3) is 0.500. The molecule has 0 spiro atoms. The van der Waals surface area contributed by atoms with Crippen LogP contribution in [0.25, 0.3) is 0 Å². The largest absolute Gasteiger partial charge is 0.480 e. The molecule has 0 radical (unpaired) electrons. The van der Waals surface area contributed by atoms with Crippen LogP contribution >= 0.6 is 0 Å². The Bertz CT molecular complexity index is 623. The van der Waals surface area contributed by atoms with E-state index < -0.39 is 17.9 Å². The average molecular weight is 334 g/mol. The van der Waals surface area contributed by atoms with E-state index in [1.54, 1.807) is 39.0 Å². The number of hydrogen-bond donors (Lipinski definition) is 3. The van der Waals surface area contributed by atoms with Crippen molar-refractivity contribution >= 4 is 23.5 Å². The Morgan fingerprint density at radius 1 is 1.12 bits per heavy atom. The summed E-state index contributed by atoms with van der Waals surface area (Å²) in [5, 5.41) is 14.5. The standard InChI is InChI=1S/C18H26N2O4/c1-10(2)8-15(21)19-14-7-6-13(9-12(14)5)17(22)20-16(11(3)4)18(23)24/h6-7,9-11,16H,8H2,1-5H3,(H,19,21)(H,20,22)(H,23,24)/t16-/m0/s1. The van der Waals surface area contributed by atoms with Gasteiger partial charge in [0.25, 0.3) is 5.91 Å². The first-order valence-corrected chi connectivity index (χ1v) is 8.06. The SMILES string of the molecule is Cc1cc(C(=O)N[C@H](C(=O)O)C(C)C)ccc1NC(=O)CC(C)C. The van der Waals surface area contributed by atoms with E-state index >= 15 is 0 Å². The van der Waals surface area contributed by atoms with Gasteiger partial charge in [-0.05, 0) is 42.5 Å². The van der Waals surface area contributed by atoms with Gasteiger partial charge in [-0.25, -0.2) is 4.79 Å². The molecule has 0 aromatic heterocycles. The van der Waals surface area contributed by atoms with Crippen LogP contribution in [-0.2, 0) is 9.59 Å². The van der Waals surface area contributed by atoms with Crippen LogP contribution in [0.3, 0.4) is 0 Å². The number of carbonyl (C=O) groups excluding carboxylic acids is 2. The van der Waals surface area contributed by atoms with Crippen molar-refractivity contribution in [3.63, 3.8) is 0 Å². The molecule has 6 nitrogen and oxygen atoms in total. The first-order valence-electron chi connectivity index (χ1n) is 8.06. The molecule has 0 bridgehead atoms. The third kappa shape index (κ3) is 5.68. The van der Waals surface area contributed by atoms with Crippen molar-refractivity contribution in [1.29, 1.82) is 0 Å². The van der Waals surface area contributed by atoms with Gasteiger partial charge in [0.05, 0.1) is 0 Å². The van der Waals surface area contributed by atoms with E-state index in [1.807, 2.05) is 13.8 Å². The molecule has 1 aromatic rings. The van der Waals surface area contributed by atoms with E-state index in [2.05, 4.69) is 10.6 Å². The summed E-state index contributed by atoms with van der Waals surface area (Å²) in [7, 11) is 0. The molecular weight excluding hydrogens is 308 g/mol. The van der Waals surface area contributed by atoms with Crippen LogP contribution in [0.15, 0.2) is 18.2 Å². The lowest BCUT2D eigenvalue weighted by atomic mass is 10.0. The molecule has 0 unspecified atom stereocenters. The molecule has 0 aliphatic carbocycles. The minimum absolute atomic E-state index is 0.0731. The lowest BCUT2D eigenvalue weighted by molar-refractivity contribution is -0.140. The van der Waals surface area contributed by atoms with Crippen LogP contribution in [-0.4, -0.2) is 28.9 Å². The lowest BCUT2D eigenvalue weighted by Crippen LogP contribution is -2.44. The number of carbonyl (C=O) groups is 3. The Hall–Kier alpha value is -2.37. The predicted molar refractivity (Wildman–Crippen MR) is 93.0 cm³/mol. The number of nitrogens with one attached hydrogen (secondary N) is 2. The average Bonchev–Trinajstić information content (AvgIpc) is 2.44. The number of benzene rings is 1. The topological polar surface area (TPSA) is 95.5 Å². The zero-order valence-corrected chi connectivity index (χ0v) is 14.8. The summed E-state index contributed by atoms with van der Waals surface area (Å²) >= 11 is 0. The first-order chi connectivity index (χ1) is 11.1. The molecule has 0 aliphatic rings. The summed E-state index contributed by atoms with van der Waals surface area (Å²) in [5.41, 5.74) is 1.76. The molecule has 0 saturated heterocycles. The highest BCUT2D eigenvalue weighted by Gasteiger charge is 2.24. The van der Waals surface area contributed by atoms with Gasteiger partial charge in [0, 0.05) is 17.7 Å². The highest BCUT2D eigenvalue weighted by molar-refractivity contribution is 5.98. The number of rotatable bonds is 7. The van der Waals surface area contributed by atoms with E-state index in [9.17, 15) is 14.4 Å². The first kappa shape index (κ1) is 19.7. The Balaban J connectivity index is 2.85. The van der Waals surface area contributed by atoms with Gasteiger partial charge in [-0.15, -0.1) is 0 Å². The van der Waals surface area contributed by atoms with Crippen LogP contribution in [0.2, 0.25) is 0 Å². The highest BCUT2D eigenvalue weighted by Crippen LogP contribution is 2.18. The molecule has 0 saturated carbocycles. The van der Waals surface area contributed by atoms with Gasteiger partial charge in [0.1, 0.15) is 6.04 Å². The number of carboxylic acids is 1. The molecule has 1 atom stereocenters. The molecule has 0 fully saturated rings. The van der Waals surface area contributed by atoms with Crippen molar-refractivity contribution < 1.29 is 19.5 Å². The number of aryl methyl sites for hydroxylation is 1. The van der Waals surface area contributed by atoms with Gasteiger partial charge in [0.15, 0.2) is 0 Å². The van der Waals surface area contributed by atoms with Crippen molar-refractivity contribution in [3.8, 4) is 0 Å². The second-order valence-corrected chi connectivity index (χ2v) is 6.71. The van der Waals surface area contributed by atoms with Crippen LogP contribution < -0.4 is 10.6 Å². The number of hydrogen-bond acceptors (Lipinski definition) is 3. The minimum atomic E-state index is -1.06. The summed E-state index contributed by atoms with van der Waals surface area (Å²) in [5.74, 6) is -1.54. The van der Waals surface area contributed by atoms with Crippen molar-refractivity contribution in [2.75, 3.05) is 5.32 Å². The Kier molecular flexibility index (Phi) is 6.95. The van der Waals surface area contributed by atoms with Crippen molar-refractivity contribution in [1.82, 2.24) is 5.32 Å². The summed E-state index contributed by atoms with van der Waals surface area (Å²) < 4.78 is 0. The van der Waals surface area contributed by atoms with E-state index in [1.165, 1.54) is 0 Å². The maximum atomic E-state index is 12.2. The van der Waals surface area contributed by atoms with E-state index in [0.29, 0.717) is 17.7 Å². The zero-order chi connectivity index (χ0) is 18.4. The van der Waals surface area contributed by atoms with Crippen LogP contribution in [0.5, 0.6) is 0 Å². The molecule has 1 aromatic carbocycles. The summed E-state index contributed by atoms with van der Waals surface area (Å²) in [6.07, 6.45) is 0.427. The van der Waals surface area contributed by atoms with E-state index in [4.69, 9.17) is 5.11 Å². The van der Waals surface area contributed by atoms with Gasteiger partial charge >= 0.3 is 5.97 Å². The minimum Gasteiger partial charge on any atom is -0.480 e. The molecular formula is C18H26N2O4. The molecule has 132 valence electrons. The summed E-state index contributed by atoms with van der Waals surface area (Å²) in [6, 6.07) is 3.93. The zero-order valence-electron chi connectivity index (χ0n) is 14.8. The number of amides is 2. The number of carboxylic acid groups (broad SMARTS) is 1. The number of aliphatic carboxylic acids is 1. The summed E-state index contributed by atoms with van der Waals surface area (Å²) in [4.78, 5) is 35.2. The van der Waals surface area contributed by atoms with Gasteiger partial charge < -0.3 is 15.7 Å². The van der Waals surface area contributed by atoms with Crippen LogP contribution in [0.4, 0.5) is 5.69 Å². The smallest absolute Gasteiger partial charge is 0.326 e. The molecule has 24 heavy (non-hydrogen) atoms. The number of anilines is 1. The Labute approximate surface area is 142 Å². The van der Waals surface area contributed by atoms with Crippen LogP contribution in [0.1, 0.15) is 50.0 Å². The van der Waals surface area contributed by atoms with Gasteiger partial charge in [-0.1, -0.05) is 27.7 Å². The monoisotopic (exact) mass is 334 g/mol. The molecule has 2 amide bonds. The van der Waals surface area contributed by atoms with Gasteiger partial charge in [0.2, 0.25) is 5.91 Å². The molecule has 6 heteroatoms. The molecule has 3 N–H and O–H groups in total. The lowest BCUT2D eigenvalue weighted by Gasteiger charge is -2.18. The van der Waals surface area contributed by atoms with Gasteiger partial charge in [-0.2, -0.15) is 0 Å². The third-order valence-corrected chi connectivity index (χ3v) is 3.58. The normalized spacial score (nSPS) is 12.1. The second-order valence-electron chi connectivity index (χ2n) is 6.71. The fourth-order valence-corrected chi connectivity index (χ4v) is 2.26. The highest BCUT2D eigenvalue weighted by atomic mass is 16.4. The van der Waals surface area contributed by atoms with Crippen molar-refractivity contribution in [2.45, 2.75) is 47.1 Å². The third-order valence-electron chi connectivity index (χ3n) is 3.58. The maximum Gasteiger partial charge on any atom is 0.326 e. The van der Waals surface area contributed by atoms with Gasteiger partial charge in [-0.3, -0.25) is 9.59 Å². The Morgan fingerprint density at radius 2 is 1.75 bits per heavy atom.